The molecule has 156 valence electrons. The van der Waals surface area contributed by atoms with E-state index in [1.165, 1.54) is 15.9 Å². The number of hydrogen-bond acceptors (Lipinski definition) is 9. The zero-order valence-electron chi connectivity index (χ0n) is 16.8. The Kier molecular flexibility index (Phi) is 5.48. The second kappa shape index (κ2) is 8.05. The van der Waals surface area contributed by atoms with E-state index in [9.17, 15) is 5.11 Å². The summed E-state index contributed by atoms with van der Waals surface area (Å²) < 4.78 is 23.6. The van der Waals surface area contributed by atoms with Crippen molar-refractivity contribution in [1.29, 1.82) is 0 Å². The van der Waals surface area contributed by atoms with Crippen LogP contribution in [-0.2, 0) is 4.74 Å². The Morgan fingerprint density at radius 3 is 2.31 bits per heavy atom. The Morgan fingerprint density at radius 2 is 1.76 bits per heavy atom. The number of ether oxygens (including phenoxy) is 4. The molecule has 1 atom stereocenters. The average Bonchev–Trinajstić information content (AvgIpc) is 3.25. The second-order valence-corrected chi connectivity index (χ2v) is 7.66. The van der Waals surface area contributed by atoms with Gasteiger partial charge in [-0.05, 0) is 24.6 Å². The van der Waals surface area contributed by atoms with Gasteiger partial charge < -0.3 is 24.1 Å². The van der Waals surface area contributed by atoms with Crippen LogP contribution in [0.15, 0.2) is 12.1 Å². The molecule has 4 rings (SSSR count). The third kappa shape index (κ3) is 3.47. The number of aromatic nitrogens is 3. The largest absolute Gasteiger partial charge is 0.493 e. The lowest BCUT2D eigenvalue weighted by Crippen LogP contribution is -2.39. The minimum atomic E-state index is -0.235. The Hall–Kier alpha value is -2.56. The zero-order valence-corrected chi connectivity index (χ0v) is 17.7. The molecule has 0 aliphatic carbocycles. The van der Waals surface area contributed by atoms with Gasteiger partial charge in [0.1, 0.15) is 5.82 Å². The van der Waals surface area contributed by atoms with Gasteiger partial charge in [-0.2, -0.15) is 4.52 Å². The van der Waals surface area contributed by atoms with Crippen molar-refractivity contribution in [3.63, 3.8) is 0 Å². The molecule has 3 heterocycles. The predicted octanol–water partition coefficient (Wildman–Crippen LogP) is 2.25. The third-order valence-corrected chi connectivity index (χ3v) is 6.04. The Labute approximate surface area is 172 Å². The number of aryl methyl sites for hydroxylation is 1. The normalized spacial score (nSPS) is 16.1. The number of fused-ring (bicyclic) bond motifs is 1. The summed E-state index contributed by atoms with van der Waals surface area (Å²) >= 11 is 1.42. The Balaban J connectivity index is 1.88. The van der Waals surface area contributed by atoms with E-state index in [2.05, 4.69) is 15.0 Å². The van der Waals surface area contributed by atoms with E-state index in [1.54, 1.807) is 28.3 Å². The van der Waals surface area contributed by atoms with Crippen molar-refractivity contribution in [2.45, 2.75) is 13.0 Å². The molecule has 1 aliphatic heterocycles. The molecular weight excluding hydrogens is 396 g/mol. The van der Waals surface area contributed by atoms with Crippen LogP contribution in [0.4, 0.5) is 0 Å². The Bertz CT molecular complexity index is 987. The molecule has 29 heavy (non-hydrogen) atoms. The van der Waals surface area contributed by atoms with Crippen LogP contribution in [0, 0.1) is 6.92 Å². The summed E-state index contributed by atoms with van der Waals surface area (Å²) in [6, 6.07) is 3.60. The monoisotopic (exact) mass is 420 g/mol. The molecule has 10 heteroatoms. The molecule has 9 nitrogen and oxygen atoms in total. The van der Waals surface area contributed by atoms with Crippen molar-refractivity contribution >= 4 is 16.3 Å². The van der Waals surface area contributed by atoms with Gasteiger partial charge in [0.15, 0.2) is 11.5 Å². The Morgan fingerprint density at radius 1 is 1.10 bits per heavy atom. The van der Waals surface area contributed by atoms with Crippen LogP contribution in [0.1, 0.15) is 22.3 Å². The zero-order chi connectivity index (χ0) is 20.5. The number of nitrogens with zero attached hydrogens (tertiary/aromatic N) is 4. The van der Waals surface area contributed by atoms with Gasteiger partial charge in [0, 0.05) is 13.1 Å². The van der Waals surface area contributed by atoms with Gasteiger partial charge in [-0.3, -0.25) is 4.90 Å². The first-order valence-corrected chi connectivity index (χ1v) is 10.1. The van der Waals surface area contributed by atoms with Crippen LogP contribution in [0.5, 0.6) is 23.1 Å². The van der Waals surface area contributed by atoms with E-state index in [-0.39, 0.29) is 11.9 Å². The maximum Gasteiger partial charge on any atom is 0.230 e. The van der Waals surface area contributed by atoms with E-state index >= 15 is 0 Å². The molecule has 1 fully saturated rings. The van der Waals surface area contributed by atoms with Gasteiger partial charge >= 0.3 is 0 Å². The summed E-state index contributed by atoms with van der Waals surface area (Å²) in [5.74, 6) is 2.37. The number of morpholine rings is 1. The number of hydrogen-bond donors (Lipinski definition) is 1. The first-order chi connectivity index (χ1) is 14.1. The van der Waals surface area contributed by atoms with Crippen molar-refractivity contribution < 1.29 is 24.1 Å². The number of methoxy groups -OCH3 is 3. The molecule has 2 aromatic heterocycles. The molecule has 0 spiro atoms. The second-order valence-electron chi connectivity index (χ2n) is 6.65. The van der Waals surface area contributed by atoms with Gasteiger partial charge in [0.05, 0.1) is 45.5 Å². The van der Waals surface area contributed by atoms with E-state index in [1.807, 2.05) is 12.1 Å². The van der Waals surface area contributed by atoms with Gasteiger partial charge in [-0.25, -0.2) is 4.98 Å². The highest BCUT2D eigenvalue weighted by molar-refractivity contribution is 7.17. The predicted molar refractivity (Wildman–Crippen MR) is 108 cm³/mol. The number of thiazole rings is 1. The van der Waals surface area contributed by atoms with E-state index in [4.69, 9.17) is 18.9 Å². The molecule has 1 aromatic carbocycles. The quantitative estimate of drug-likeness (QED) is 0.649. The molecule has 3 aromatic rings. The van der Waals surface area contributed by atoms with Crippen molar-refractivity contribution in [1.82, 2.24) is 19.5 Å². The minimum absolute atomic E-state index is 0.0934. The summed E-state index contributed by atoms with van der Waals surface area (Å²) in [6.07, 6.45) is 0. The van der Waals surface area contributed by atoms with Crippen LogP contribution < -0.4 is 14.2 Å². The molecule has 0 radical (unpaired) electrons. The summed E-state index contributed by atoms with van der Waals surface area (Å²) in [5.41, 5.74) is 0.915. The molecule has 0 unspecified atom stereocenters. The standard InChI is InChI=1S/C19H24N4O5S/c1-11-20-19-23(21-11)18(24)17(29-19)15(22-5-7-28-8-6-22)12-9-13(25-2)16(27-4)14(10-12)26-3/h9-10,15,24H,5-8H2,1-4H3/t15-/m0/s1. The highest BCUT2D eigenvalue weighted by atomic mass is 32.1. The lowest BCUT2D eigenvalue weighted by atomic mass is 10.0. The smallest absolute Gasteiger partial charge is 0.230 e. The summed E-state index contributed by atoms with van der Waals surface area (Å²) in [6.45, 7) is 4.52. The van der Waals surface area contributed by atoms with Crippen LogP contribution in [0.3, 0.4) is 0 Å². The van der Waals surface area contributed by atoms with Crippen molar-refractivity contribution in [3.8, 4) is 23.1 Å². The molecule has 1 aliphatic rings. The highest BCUT2D eigenvalue weighted by Crippen LogP contribution is 2.45. The van der Waals surface area contributed by atoms with Gasteiger partial charge in [0.2, 0.25) is 16.6 Å². The molecule has 0 amide bonds. The number of aromatic hydroxyl groups is 1. The van der Waals surface area contributed by atoms with Crippen molar-refractivity contribution in [3.05, 3.63) is 28.4 Å². The lowest BCUT2D eigenvalue weighted by molar-refractivity contribution is 0.0240. The van der Waals surface area contributed by atoms with Gasteiger partial charge in [-0.15, -0.1) is 5.10 Å². The highest BCUT2D eigenvalue weighted by Gasteiger charge is 2.32. The molecular formula is C19H24N4O5S. The number of benzene rings is 1. The fourth-order valence-corrected chi connectivity index (χ4v) is 4.81. The first-order valence-electron chi connectivity index (χ1n) is 9.24. The topological polar surface area (TPSA) is 90.6 Å². The summed E-state index contributed by atoms with van der Waals surface area (Å²) in [7, 11) is 4.76. The first kappa shape index (κ1) is 19.7. The fourth-order valence-electron chi connectivity index (χ4n) is 3.65. The van der Waals surface area contributed by atoms with Crippen LogP contribution in [0.2, 0.25) is 0 Å². The van der Waals surface area contributed by atoms with E-state index in [0.29, 0.717) is 41.2 Å². The van der Waals surface area contributed by atoms with E-state index < -0.39 is 0 Å². The third-order valence-electron chi connectivity index (χ3n) is 4.97. The van der Waals surface area contributed by atoms with Crippen molar-refractivity contribution in [2.24, 2.45) is 0 Å². The number of rotatable bonds is 6. The molecule has 0 saturated carbocycles. The lowest BCUT2D eigenvalue weighted by Gasteiger charge is -2.34. The van der Waals surface area contributed by atoms with Crippen LogP contribution in [0.25, 0.3) is 4.96 Å². The molecule has 0 bridgehead atoms. The maximum absolute atomic E-state index is 10.9. The van der Waals surface area contributed by atoms with Crippen molar-refractivity contribution in [2.75, 3.05) is 47.6 Å². The summed E-state index contributed by atoms with van der Waals surface area (Å²) in [4.78, 5) is 8.09. The van der Waals surface area contributed by atoms with Gasteiger partial charge in [-0.1, -0.05) is 11.3 Å². The maximum atomic E-state index is 10.9. The minimum Gasteiger partial charge on any atom is -0.493 e. The SMILES string of the molecule is COc1cc([C@@H](c2sc3nc(C)nn3c2O)N2CCOCC2)cc(OC)c1OC. The van der Waals surface area contributed by atoms with Crippen LogP contribution in [-0.4, -0.2) is 72.2 Å². The molecule has 1 N–H and O–H groups in total. The van der Waals surface area contributed by atoms with E-state index in [0.717, 1.165) is 23.5 Å². The molecule has 1 saturated heterocycles. The van der Waals surface area contributed by atoms with Gasteiger partial charge in [0.25, 0.3) is 0 Å². The van der Waals surface area contributed by atoms with Crippen LogP contribution >= 0.6 is 11.3 Å². The summed E-state index contributed by atoms with van der Waals surface area (Å²) in [5, 5.41) is 15.2. The fraction of sp³-hybridized carbons (Fsp3) is 0.474. The average molecular weight is 420 g/mol.